The van der Waals surface area contributed by atoms with Gasteiger partial charge in [-0.25, -0.2) is 9.78 Å². The molecule has 1 aromatic carbocycles. The lowest BCUT2D eigenvalue weighted by molar-refractivity contribution is 0.00578. The number of hydrogen-bond acceptors (Lipinski definition) is 5. The number of rotatable bonds is 3. The van der Waals surface area contributed by atoms with Gasteiger partial charge in [0.15, 0.2) is 0 Å². The first kappa shape index (κ1) is 16.0. The molecule has 0 radical (unpaired) electrons. The molecule has 0 bridgehead atoms. The number of fused-ring (bicyclic) bond motifs is 1. The molecule has 122 valence electrons. The van der Waals surface area contributed by atoms with Gasteiger partial charge in [0.25, 0.3) is 0 Å². The third-order valence-electron chi connectivity index (χ3n) is 4.53. The summed E-state index contributed by atoms with van der Waals surface area (Å²) in [6, 6.07) is 5.62. The van der Waals surface area contributed by atoms with Crippen molar-refractivity contribution in [2.24, 2.45) is 0 Å². The Bertz CT molecular complexity index is 738. The van der Waals surface area contributed by atoms with Gasteiger partial charge in [-0.05, 0) is 40.7 Å². The van der Waals surface area contributed by atoms with Crippen molar-refractivity contribution in [3.63, 3.8) is 0 Å². The first-order chi connectivity index (χ1) is 10.7. The molecule has 1 saturated heterocycles. The Hall–Kier alpha value is -1.86. The minimum Gasteiger partial charge on any atom is -0.460 e. The van der Waals surface area contributed by atoms with Crippen molar-refractivity contribution >= 4 is 29.6 Å². The maximum atomic E-state index is 11.9. The van der Waals surface area contributed by atoms with E-state index in [1.807, 2.05) is 45.9 Å². The second-order valence-electron chi connectivity index (χ2n) is 6.64. The summed E-state index contributed by atoms with van der Waals surface area (Å²) < 4.78 is 17.2. The van der Waals surface area contributed by atoms with Crippen LogP contribution >= 0.6 is 0 Å². The molecule has 0 spiro atoms. The maximum absolute atomic E-state index is 11.9. The van der Waals surface area contributed by atoms with Crippen molar-refractivity contribution in [3.05, 3.63) is 24.0 Å². The Morgan fingerprint density at radius 2 is 1.91 bits per heavy atom. The molecule has 0 amide bonds. The zero-order valence-corrected chi connectivity index (χ0v) is 14.1. The molecule has 6 nitrogen and oxygen atoms in total. The van der Waals surface area contributed by atoms with Crippen molar-refractivity contribution in [1.29, 1.82) is 0 Å². The fourth-order valence-electron chi connectivity index (χ4n) is 2.52. The van der Waals surface area contributed by atoms with Crippen LogP contribution in [-0.4, -0.2) is 40.9 Å². The number of benzene rings is 1. The number of hydrogen-bond donors (Lipinski definition) is 1. The van der Waals surface area contributed by atoms with Gasteiger partial charge in [-0.15, -0.1) is 0 Å². The van der Waals surface area contributed by atoms with Gasteiger partial charge in [0, 0.05) is 5.46 Å². The molecule has 23 heavy (non-hydrogen) atoms. The molecule has 1 aromatic heterocycles. The second kappa shape index (κ2) is 5.35. The van der Waals surface area contributed by atoms with Crippen LogP contribution < -0.4 is 5.46 Å². The second-order valence-corrected chi connectivity index (χ2v) is 6.64. The first-order valence-corrected chi connectivity index (χ1v) is 7.76. The summed E-state index contributed by atoms with van der Waals surface area (Å²) in [4.78, 5) is 19.2. The Balaban J connectivity index is 2.01. The zero-order valence-electron chi connectivity index (χ0n) is 14.1. The van der Waals surface area contributed by atoms with Gasteiger partial charge in [-0.2, -0.15) is 0 Å². The van der Waals surface area contributed by atoms with E-state index in [2.05, 4.69) is 9.97 Å². The normalized spacial score (nSPS) is 19.3. The number of aromatic nitrogens is 2. The number of ether oxygens (including phenoxy) is 1. The number of imidazole rings is 1. The van der Waals surface area contributed by atoms with Crippen LogP contribution in [0.25, 0.3) is 11.0 Å². The molecule has 0 saturated carbocycles. The Labute approximate surface area is 135 Å². The van der Waals surface area contributed by atoms with E-state index in [0.717, 1.165) is 11.0 Å². The summed E-state index contributed by atoms with van der Waals surface area (Å²) in [7, 11) is -0.515. The SMILES string of the molecule is CCOC(=O)c1nc2cccc(B3OC(C)(C)C(C)(C)O3)c2[nH]1. The lowest BCUT2D eigenvalue weighted by Gasteiger charge is -2.32. The quantitative estimate of drug-likeness (QED) is 0.693. The number of H-pyrrole nitrogens is 1. The Kier molecular flexibility index (Phi) is 3.73. The van der Waals surface area contributed by atoms with Crippen LogP contribution in [0, 0.1) is 0 Å². The topological polar surface area (TPSA) is 73.4 Å². The number of nitrogens with one attached hydrogen (secondary N) is 1. The minimum atomic E-state index is -0.515. The van der Waals surface area contributed by atoms with Crippen molar-refractivity contribution in [2.45, 2.75) is 45.8 Å². The average Bonchev–Trinajstić information content (AvgIpc) is 2.98. The van der Waals surface area contributed by atoms with Crippen molar-refractivity contribution in [1.82, 2.24) is 9.97 Å². The van der Waals surface area contributed by atoms with E-state index in [4.69, 9.17) is 14.0 Å². The fraction of sp³-hybridized carbons (Fsp3) is 0.500. The summed E-state index contributed by atoms with van der Waals surface area (Å²) in [5.74, 6) is -0.283. The number of carbonyl (C=O) groups is 1. The summed E-state index contributed by atoms with van der Waals surface area (Å²) >= 11 is 0. The van der Waals surface area contributed by atoms with E-state index >= 15 is 0 Å². The van der Waals surface area contributed by atoms with Gasteiger partial charge in [-0.1, -0.05) is 12.1 Å². The number of carbonyl (C=O) groups excluding carboxylic acids is 1. The molecule has 2 heterocycles. The Morgan fingerprint density at radius 1 is 1.26 bits per heavy atom. The average molecular weight is 316 g/mol. The van der Waals surface area contributed by atoms with Gasteiger partial charge in [0.1, 0.15) is 0 Å². The largest absolute Gasteiger partial charge is 0.497 e. The molecular formula is C16H21BN2O4. The van der Waals surface area contributed by atoms with Gasteiger partial charge >= 0.3 is 13.1 Å². The minimum absolute atomic E-state index is 0.186. The maximum Gasteiger partial charge on any atom is 0.497 e. The predicted octanol–water partition coefficient (Wildman–Crippen LogP) is 2.04. The van der Waals surface area contributed by atoms with Crippen molar-refractivity contribution in [2.75, 3.05) is 6.61 Å². The molecule has 1 N–H and O–H groups in total. The highest BCUT2D eigenvalue weighted by Crippen LogP contribution is 2.36. The van der Waals surface area contributed by atoms with Gasteiger partial charge in [0.05, 0.1) is 28.8 Å². The third-order valence-corrected chi connectivity index (χ3v) is 4.53. The summed E-state index contributed by atoms with van der Waals surface area (Å²) in [6.07, 6.45) is 0. The monoisotopic (exact) mass is 316 g/mol. The highest BCUT2D eigenvalue weighted by molar-refractivity contribution is 6.64. The van der Waals surface area contributed by atoms with E-state index in [-0.39, 0.29) is 5.82 Å². The predicted molar refractivity (Wildman–Crippen MR) is 87.8 cm³/mol. The van der Waals surface area contributed by atoms with Crippen LogP contribution in [0.2, 0.25) is 0 Å². The van der Waals surface area contributed by atoms with Gasteiger partial charge in [-0.3, -0.25) is 0 Å². The van der Waals surface area contributed by atoms with Crippen LogP contribution in [-0.2, 0) is 14.0 Å². The lowest BCUT2D eigenvalue weighted by Crippen LogP contribution is -2.41. The van der Waals surface area contributed by atoms with Crippen LogP contribution in [0.5, 0.6) is 0 Å². The zero-order chi connectivity index (χ0) is 16.8. The van der Waals surface area contributed by atoms with E-state index in [1.165, 1.54) is 0 Å². The highest BCUT2D eigenvalue weighted by atomic mass is 16.7. The first-order valence-electron chi connectivity index (χ1n) is 7.76. The molecule has 3 rings (SSSR count). The lowest BCUT2D eigenvalue weighted by atomic mass is 9.78. The number of para-hydroxylation sites is 1. The van der Waals surface area contributed by atoms with E-state index in [1.54, 1.807) is 6.92 Å². The van der Waals surface area contributed by atoms with Crippen molar-refractivity contribution in [3.8, 4) is 0 Å². The molecular weight excluding hydrogens is 295 g/mol. The standard InChI is InChI=1S/C16H21BN2O4/c1-6-21-14(20)13-18-11-9-7-8-10(12(11)19-13)17-22-15(2,3)16(4,5)23-17/h7-9H,6H2,1-5H3,(H,18,19). The number of aromatic amines is 1. The van der Waals surface area contributed by atoms with Crippen molar-refractivity contribution < 1.29 is 18.8 Å². The van der Waals surface area contributed by atoms with Crippen LogP contribution in [0.3, 0.4) is 0 Å². The molecule has 1 aliphatic rings. The fourth-order valence-corrected chi connectivity index (χ4v) is 2.52. The van der Waals surface area contributed by atoms with Gasteiger partial charge in [0.2, 0.25) is 5.82 Å². The molecule has 0 atom stereocenters. The van der Waals surface area contributed by atoms with Crippen LogP contribution in [0.1, 0.15) is 45.2 Å². The smallest absolute Gasteiger partial charge is 0.460 e. The molecule has 0 unspecified atom stereocenters. The molecule has 1 fully saturated rings. The Morgan fingerprint density at radius 3 is 2.52 bits per heavy atom. The summed E-state index contributed by atoms with van der Waals surface area (Å²) in [5, 5.41) is 0. The number of nitrogens with zero attached hydrogens (tertiary/aromatic N) is 1. The summed E-state index contributed by atoms with van der Waals surface area (Å²) in [5.41, 5.74) is 1.38. The van der Waals surface area contributed by atoms with Gasteiger partial charge < -0.3 is 19.0 Å². The van der Waals surface area contributed by atoms with Crippen LogP contribution in [0.15, 0.2) is 18.2 Å². The van der Waals surface area contributed by atoms with E-state index in [0.29, 0.717) is 12.1 Å². The van der Waals surface area contributed by atoms with E-state index < -0.39 is 24.3 Å². The third kappa shape index (κ3) is 2.64. The number of esters is 1. The molecule has 2 aromatic rings. The molecule has 1 aliphatic heterocycles. The molecule has 7 heteroatoms. The van der Waals surface area contributed by atoms with Crippen LogP contribution in [0.4, 0.5) is 0 Å². The molecule has 0 aliphatic carbocycles. The highest BCUT2D eigenvalue weighted by Gasteiger charge is 2.52. The summed E-state index contributed by atoms with van der Waals surface area (Å²) in [6.45, 7) is 10.1. The van der Waals surface area contributed by atoms with E-state index in [9.17, 15) is 4.79 Å².